The normalized spacial score (nSPS) is 16.5. The Bertz CT molecular complexity index is 424. The third kappa shape index (κ3) is 3.94. The number of piperidine rings is 1. The van der Waals surface area contributed by atoms with Crippen LogP contribution < -0.4 is 11.1 Å². The first-order chi connectivity index (χ1) is 9.20. The van der Waals surface area contributed by atoms with Crippen molar-refractivity contribution in [3.8, 4) is 0 Å². The fourth-order valence-electron chi connectivity index (χ4n) is 2.39. The van der Waals surface area contributed by atoms with E-state index in [1.165, 1.54) is 43.7 Å². The van der Waals surface area contributed by atoms with Gasteiger partial charge in [-0.3, -0.25) is 4.79 Å². The Morgan fingerprint density at radius 1 is 1.42 bits per heavy atom. The van der Waals surface area contributed by atoms with Gasteiger partial charge in [0.15, 0.2) is 5.78 Å². The van der Waals surface area contributed by atoms with E-state index in [0.29, 0.717) is 17.0 Å². The summed E-state index contributed by atoms with van der Waals surface area (Å²) in [5.41, 5.74) is 6.48. The number of nitrogens with zero attached hydrogens (tertiary/aromatic N) is 1. The number of nitrogens with two attached hydrogens (primary N) is 1. The molecule has 106 valence electrons. The van der Waals surface area contributed by atoms with Gasteiger partial charge in [0.1, 0.15) is 0 Å². The Morgan fingerprint density at radius 2 is 2.16 bits per heavy atom. The monoisotopic (exact) mass is 281 g/mol. The van der Waals surface area contributed by atoms with Crippen LogP contribution in [0, 0.1) is 0 Å². The fourth-order valence-corrected chi connectivity index (χ4v) is 3.41. The fraction of sp³-hybridized carbons (Fsp3) is 0.643. The van der Waals surface area contributed by atoms with Gasteiger partial charge in [0, 0.05) is 19.5 Å². The van der Waals surface area contributed by atoms with E-state index >= 15 is 0 Å². The van der Waals surface area contributed by atoms with Crippen molar-refractivity contribution < 1.29 is 4.79 Å². The molecule has 19 heavy (non-hydrogen) atoms. The van der Waals surface area contributed by atoms with Gasteiger partial charge in [-0.05, 0) is 32.0 Å². The molecule has 0 amide bonds. The van der Waals surface area contributed by atoms with E-state index in [1.54, 1.807) is 0 Å². The average molecular weight is 281 g/mol. The number of thiophene rings is 1. The van der Waals surface area contributed by atoms with E-state index in [2.05, 4.69) is 10.2 Å². The van der Waals surface area contributed by atoms with E-state index in [-0.39, 0.29) is 5.78 Å². The van der Waals surface area contributed by atoms with E-state index in [0.717, 1.165) is 18.1 Å². The Labute approximate surface area is 119 Å². The summed E-state index contributed by atoms with van der Waals surface area (Å²) in [6.07, 6.45) is 4.52. The Hall–Kier alpha value is -1.07. The van der Waals surface area contributed by atoms with Gasteiger partial charge < -0.3 is 16.0 Å². The molecular weight excluding hydrogens is 258 g/mol. The van der Waals surface area contributed by atoms with Crippen molar-refractivity contribution in [2.45, 2.75) is 32.6 Å². The molecule has 2 heterocycles. The number of Topliss-reactive ketones (excluding diaryl/α,β-unsaturated/α-hetero) is 1. The molecule has 5 heteroatoms. The average Bonchev–Trinajstić information content (AvgIpc) is 2.80. The highest BCUT2D eigenvalue weighted by atomic mass is 32.1. The number of anilines is 2. The Morgan fingerprint density at radius 3 is 2.84 bits per heavy atom. The number of hydrogen-bond acceptors (Lipinski definition) is 5. The largest absolute Gasteiger partial charge is 0.397 e. The molecule has 0 radical (unpaired) electrons. The summed E-state index contributed by atoms with van der Waals surface area (Å²) < 4.78 is 0. The summed E-state index contributed by atoms with van der Waals surface area (Å²) in [6, 6.07) is 1.88. The number of rotatable bonds is 6. The number of likely N-dealkylation sites (tertiary alicyclic amines) is 1. The van der Waals surface area contributed by atoms with Gasteiger partial charge in [-0.1, -0.05) is 13.3 Å². The van der Waals surface area contributed by atoms with Gasteiger partial charge in [0.25, 0.3) is 0 Å². The predicted octanol–water partition coefficient (Wildman–Crippen LogP) is 2.82. The Balaban J connectivity index is 1.81. The van der Waals surface area contributed by atoms with Crippen LogP contribution in [0.15, 0.2) is 6.07 Å². The van der Waals surface area contributed by atoms with Crippen molar-refractivity contribution in [3.05, 3.63) is 10.9 Å². The molecule has 0 unspecified atom stereocenters. The third-order valence-corrected chi connectivity index (χ3v) is 4.66. The van der Waals surface area contributed by atoms with Crippen molar-refractivity contribution in [1.82, 2.24) is 4.90 Å². The molecule has 1 fully saturated rings. The molecule has 4 nitrogen and oxygen atoms in total. The second-order valence-electron chi connectivity index (χ2n) is 5.00. The lowest BCUT2D eigenvalue weighted by Crippen LogP contribution is -2.33. The van der Waals surface area contributed by atoms with E-state index in [9.17, 15) is 4.79 Å². The lowest BCUT2D eigenvalue weighted by atomic mass is 10.1. The SMILES string of the molecule is CCC(=O)c1sc(NCCN2CCCCC2)cc1N. The topological polar surface area (TPSA) is 58.4 Å². The second-order valence-corrected chi connectivity index (χ2v) is 6.05. The van der Waals surface area contributed by atoms with Gasteiger partial charge >= 0.3 is 0 Å². The van der Waals surface area contributed by atoms with Crippen molar-refractivity contribution in [2.24, 2.45) is 0 Å². The number of carbonyl (C=O) groups excluding carboxylic acids is 1. The highest BCUT2D eigenvalue weighted by molar-refractivity contribution is 7.18. The molecule has 0 aromatic carbocycles. The van der Waals surface area contributed by atoms with Crippen LogP contribution in [0.2, 0.25) is 0 Å². The minimum atomic E-state index is 0.131. The van der Waals surface area contributed by atoms with Crippen LogP contribution in [0.25, 0.3) is 0 Å². The third-order valence-electron chi connectivity index (χ3n) is 3.51. The second kappa shape index (κ2) is 6.91. The number of nitrogens with one attached hydrogen (secondary N) is 1. The smallest absolute Gasteiger partial charge is 0.174 e. The lowest BCUT2D eigenvalue weighted by molar-refractivity contribution is 0.0993. The maximum absolute atomic E-state index is 11.7. The first kappa shape index (κ1) is 14.3. The first-order valence-corrected chi connectivity index (χ1v) is 7.91. The van der Waals surface area contributed by atoms with Crippen LogP contribution in [0.1, 0.15) is 42.3 Å². The molecule has 0 saturated carbocycles. The summed E-state index contributed by atoms with van der Waals surface area (Å²) in [7, 11) is 0. The number of nitrogen functional groups attached to an aromatic ring is 1. The number of ketones is 1. The molecule has 2 rings (SSSR count). The predicted molar refractivity (Wildman–Crippen MR) is 82.1 cm³/mol. The van der Waals surface area contributed by atoms with Gasteiger partial charge in [-0.15, -0.1) is 11.3 Å². The lowest BCUT2D eigenvalue weighted by Gasteiger charge is -2.26. The zero-order valence-corrected chi connectivity index (χ0v) is 12.4. The van der Waals surface area contributed by atoms with Crippen molar-refractivity contribution >= 4 is 27.8 Å². The van der Waals surface area contributed by atoms with Crippen molar-refractivity contribution in [3.63, 3.8) is 0 Å². The number of hydrogen-bond donors (Lipinski definition) is 2. The summed E-state index contributed by atoms with van der Waals surface area (Å²) in [4.78, 5) is 14.9. The molecule has 1 aromatic heterocycles. The van der Waals surface area contributed by atoms with Crippen molar-refractivity contribution in [2.75, 3.05) is 37.2 Å². The highest BCUT2D eigenvalue weighted by Gasteiger charge is 2.13. The highest BCUT2D eigenvalue weighted by Crippen LogP contribution is 2.30. The van der Waals surface area contributed by atoms with Crippen LogP contribution >= 0.6 is 11.3 Å². The summed E-state index contributed by atoms with van der Waals surface area (Å²) in [6.45, 7) is 6.28. The van der Waals surface area contributed by atoms with E-state index in [1.807, 2.05) is 13.0 Å². The molecule has 0 atom stereocenters. The van der Waals surface area contributed by atoms with Gasteiger partial charge in [0.05, 0.1) is 15.6 Å². The molecule has 1 aliphatic heterocycles. The van der Waals surface area contributed by atoms with Crippen molar-refractivity contribution in [1.29, 1.82) is 0 Å². The quantitative estimate of drug-likeness (QED) is 0.787. The van der Waals surface area contributed by atoms with Crippen LogP contribution in [-0.2, 0) is 0 Å². The van der Waals surface area contributed by atoms with E-state index < -0.39 is 0 Å². The zero-order chi connectivity index (χ0) is 13.7. The van der Waals surface area contributed by atoms with Crippen LogP contribution in [0.3, 0.4) is 0 Å². The molecular formula is C14H23N3OS. The zero-order valence-electron chi connectivity index (χ0n) is 11.6. The molecule has 1 aliphatic rings. The minimum Gasteiger partial charge on any atom is -0.397 e. The standard InChI is InChI=1S/C14H23N3OS/c1-2-12(18)14-11(15)10-13(19-14)16-6-9-17-7-4-3-5-8-17/h10,16H,2-9,15H2,1H3. The summed E-state index contributed by atoms with van der Waals surface area (Å²) >= 11 is 1.47. The van der Waals surface area contributed by atoms with Gasteiger partial charge in [-0.25, -0.2) is 0 Å². The molecule has 0 bridgehead atoms. The molecule has 3 N–H and O–H groups in total. The minimum absolute atomic E-state index is 0.131. The molecule has 0 aliphatic carbocycles. The van der Waals surface area contributed by atoms with Crippen LogP contribution in [0.4, 0.5) is 10.7 Å². The van der Waals surface area contributed by atoms with Gasteiger partial charge in [-0.2, -0.15) is 0 Å². The summed E-state index contributed by atoms with van der Waals surface area (Å²) in [5, 5.41) is 4.38. The van der Waals surface area contributed by atoms with Crippen LogP contribution in [0.5, 0.6) is 0 Å². The Kier molecular flexibility index (Phi) is 5.22. The van der Waals surface area contributed by atoms with Crippen LogP contribution in [-0.4, -0.2) is 36.9 Å². The van der Waals surface area contributed by atoms with Gasteiger partial charge in [0.2, 0.25) is 0 Å². The molecule has 1 saturated heterocycles. The maximum atomic E-state index is 11.7. The number of carbonyl (C=O) groups is 1. The first-order valence-electron chi connectivity index (χ1n) is 7.09. The molecule has 1 aromatic rings. The summed E-state index contributed by atoms with van der Waals surface area (Å²) in [5.74, 6) is 0.131. The molecule has 0 spiro atoms. The maximum Gasteiger partial charge on any atom is 0.174 e. The van der Waals surface area contributed by atoms with E-state index in [4.69, 9.17) is 5.73 Å².